The van der Waals surface area contributed by atoms with Crippen molar-refractivity contribution in [2.75, 3.05) is 0 Å². The van der Waals surface area contributed by atoms with Gasteiger partial charge in [0.15, 0.2) is 0 Å². The quantitative estimate of drug-likeness (QED) is 0.854. The zero-order valence-electron chi connectivity index (χ0n) is 9.71. The molecule has 0 saturated carbocycles. The van der Waals surface area contributed by atoms with Gasteiger partial charge in [-0.05, 0) is 17.5 Å². The molecule has 0 fully saturated rings. The van der Waals surface area contributed by atoms with Crippen LogP contribution >= 0.6 is 0 Å². The van der Waals surface area contributed by atoms with Gasteiger partial charge in [0.25, 0.3) is 0 Å². The third-order valence-corrected chi connectivity index (χ3v) is 2.54. The zero-order valence-corrected chi connectivity index (χ0v) is 9.71. The van der Waals surface area contributed by atoms with Gasteiger partial charge in [-0.3, -0.25) is 4.79 Å². The fourth-order valence-electron chi connectivity index (χ4n) is 1.66. The van der Waals surface area contributed by atoms with Crippen molar-refractivity contribution in [3.05, 3.63) is 34.9 Å². The molecule has 94 valence electrons. The van der Waals surface area contributed by atoms with Gasteiger partial charge >= 0.3 is 5.97 Å². The summed E-state index contributed by atoms with van der Waals surface area (Å²) in [7, 11) is 0. The number of carboxylic acids is 1. The lowest BCUT2D eigenvalue weighted by Crippen LogP contribution is -2.19. The van der Waals surface area contributed by atoms with E-state index in [2.05, 4.69) is 0 Å². The lowest BCUT2D eigenvalue weighted by molar-refractivity contribution is -0.137. The molecule has 0 aliphatic rings. The number of aliphatic carboxylic acids is 1. The largest absolute Gasteiger partial charge is 0.481 e. The molecule has 0 aromatic heterocycles. The predicted octanol–water partition coefficient (Wildman–Crippen LogP) is 2.56. The molecule has 1 aromatic rings. The predicted molar refractivity (Wildman–Crippen MR) is 59.6 cm³/mol. The second-order valence-corrected chi connectivity index (χ2v) is 4.22. The summed E-state index contributed by atoms with van der Waals surface area (Å²) in [6.45, 7) is 3.53. The molecule has 0 bridgehead atoms. The van der Waals surface area contributed by atoms with Gasteiger partial charge in [-0.2, -0.15) is 0 Å². The Bertz CT molecular complexity index is 433. The summed E-state index contributed by atoms with van der Waals surface area (Å²) in [5.41, 5.74) is 5.49. The van der Waals surface area contributed by atoms with Gasteiger partial charge in [-0.1, -0.05) is 19.9 Å². The molecule has 5 heteroatoms. The van der Waals surface area contributed by atoms with E-state index in [4.69, 9.17) is 10.8 Å². The van der Waals surface area contributed by atoms with E-state index in [1.807, 2.05) is 0 Å². The molecule has 0 aliphatic heterocycles. The van der Waals surface area contributed by atoms with E-state index in [1.165, 1.54) is 6.07 Å². The third kappa shape index (κ3) is 3.00. The van der Waals surface area contributed by atoms with Crippen LogP contribution < -0.4 is 5.73 Å². The van der Waals surface area contributed by atoms with E-state index in [0.717, 1.165) is 6.07 Å². The number of hydrogen-bond donors (Lipinski definition) is 2. The van der Waals surface area contributed by atoms with Crippen LogP contribution in [0.2, 0.25) is 0 Å². The maximum absolute atomic E-state index is 14.0. The minimum absolute atomic E-state index is 0.119. The van der Waals surface area contributed by atoms with Gasteiger partial charge in [0.1, 0.15) is 11.6 Å². The van der Waals surface area contributed by atoms with E-state index in [9.17, 15) is 13.6 Å². The molecular weight excluding hydrogens is 228 g/mol. The molecule has 1 rings (SSSR count). The number of carbonyl (C=O) groups is 1. The molecule has 1 unspecified atom stereocenters. The van der Waals surface area contributed by atoms with Crippen molar-refractivity contribution in [1.82, 2.24) is 0 Å². The molecule has 1 aromatic carbocycles. The van der Waals surface area contributed by atoms with E-state index in [1.54, 1.807) is 13.8 Å². The van der Waals surface area contributed by atoms with Crippen LogP contribution in [-0.4, -0.2) is 11.1 Å². The van der Waals surface area contributed by atoms with Crippen LogP contribution in [0.15, 0.2) is 12.1 Å². The molecule has 3 N–H and O–H groups in total. The first-order chi connectivity index (χ1) is 7.84. The minimum Gasteiger partial charge on any atom is -0.481 e. The lowest BCUT2D eigenvalue weighted by Gasteiger charge is -2.16. The summed E-state index contributed by atoms with van der Waals surface area (Å²) in [6, 6.07) is 1.30. The number of hydrogen-bond acceptors (Lipinski definition) is 2. The van der Waals surface area contributed by atoms with Crippen LogP contribution in [0.5, 0.6) is 0 Å². The number of halogens is 2. The number of carboxylic acid groups (broad SMARTS) is 1. The number of benzene rings is 1. The van der Waals surface area contributed by atoms with Crippen molar-refractivity contribution in [2.24, 2.45) is 5.73 Å². The Balaban J connectivity index is 3.22. The van der Waals surface area contributed by atoms with Crippen LogP contribution in [0, 0.1) is 11.6 Å². The molecule has 1 atom stereocenters. The van der Waals surface area contributed by atoms with Crippen molar-refractivity contribution in [2.45, 2.75) is 32.2 Å². The molecular formula is C12H15F2NO2. The maximum Gasteiger partial charge on any atom is 0.305 e. The number of nitrogens with two attached hydrogens (primary N) is 1. The average Bonchev–Trinajstić information content (AvgIpc) is 2.15. The third-order valence-electron chi connectivity index (χ3n) is 2.54. The summed E-state index contributed by atoms with van der Waals surface area (Å²) < 4.78 is 27.5. The molecule has 17 heavy (non-hydrogen) atoms. The van der Waals surface area contributed by atoms with E-state index in [-0.39, 0.29) is 11.5 Å². The second kappa shape index (κ2) is 5.23. The first-order valence-electron chi connectivity index (χ1n) is 5.29. The number of rotatable bonds is 4. The normalized spacial score (nSPS) is 12.8. The Kier molecular flexibility index (Phi) is 4.17. The smallest absolute Gasteiger partial charge is 0.305 e. The van der Waals surface area contributed by atoms with E-state index in [0.29, 0.717) is 5.56 Å². The zero-order chi connectivity index (χ0) is 13.2. The van der Waals surface area contributed by atoms with Crippen LogP contribution in [0.25, 0.3) is 0 Å². The second-order valence-electron chi connectivity index (χ2n) is 4.22. The SMILES string of the molecule is CC(C)c1ccc(F)c(C(N)CC(=O)O)c1F. The van der Waals surface area contributed by atoms with Crippen LogP contribution in [0.4, 0.5) is 8.78 Å². The molecule has 3 nitrogen and oxygen atoms in total. The monoisotopic (exact) mass is 243 g/mol. The van der Waals surface area contributed by atoms with Crippen LogP contribution in [0.1, 0.15) is 43.4 Å². The van der Waals surface area contributed by atoms with Gasteiger partial charge in [0, 0.05) is 11.6 Å². The molecule has 0 saturated heterocycles. The molecule has 0 heterocycles. The summed E-state index contributed by atoms with van der Waals surface area (Å²) in [6.07, 6.45) is -0.505. The summed E-state index contributed by atoms with van der Waals surface area (Å²) in [5.74, 6) is -2.85. The summed E-state index contributed by atoms with van der Waals surface area (Å²) in [5, 5.41) is 8.58. The summed E-state index contributed by atoms with van der Waals surface area (Å²) in [4.78, 5) is 10.5. The van der Waals surface area contributed by atoms with Crippen molar-refractivity contribution >= 4 is 5.97 Å². The van der Waals surface area contributed by atoms with Crippen molar-refractivity contribution < 1.29 is 18.7 Å². The Morgan fingerprint density at radius 2 is 2.00 bits per heavy atom. The van der Waals surface area contributed by atoms with E-state index >= 15 is 0 Å². The first kappa shape index (κ1) is 13.6. The van der Waals surface area contributed by atoms with Gasteiger partial charge in [0.05, 0.1) is 6.42 Å². The highest BCUT2D eigenvalue weighted by atomic mass is 19.1. The van der Waals surface area contributed by atoms with Gasteiger partial charge in [-0.25, -0.2) is 8.78 Å². The minimum atomic E-state index is -1.19. The fraction of sp³-hybridized carbons (Fsp3) is 0.417. The van der Waals surface area contributed by atoms with Gasteiger partial charge < -0.3 is 10.8 Å². The van der Waals surface area contributed by atoms with Crippen molar-refractivity contribution in [1.29, 1.82) is 0 Å². The van der Waals surface area contributed by atoms with Crippen LogP contribution in [-0.2, 0) is 4.79 Å². The highest BCUT2D eigenvalue weighted by Gasteiger charge is 2.22. The molecule has 0 aliphatic carbocycles. The molecule has 0 radical (unpaired) electrons. The van der Waals surface area contributed by atoms with Crippen molar-refractivity contribution in [3.8, 4) is 0 Å². The maximum atomic E-state index is 14.0. The van der Waals surface area contributed by atoms with Gasteiger partial charge in [0.2, 0.25) is 0 Å². The van der Waals surface area contributed by atoms with Gasteiger partial charge in [-0.15, -0.1) is 0 Å². The Hall–Kier alpha value is -1.49. The highest BCUT2D eigenvalue weighted by Crippen LogP contribution is 2.28. The van der Waals surface area contributed by atoms with Crippen LogP contribution in [0.3, 0.4) is 0 Å². The molecule has 0 spiro atoms. The summed E-state index contributed by atoms with van der Waals surface area (Å²) >= 11 is 0. The Morgan fingerprint density at radius 1 is 1.41 bits per heavy atom. The standard InChI is InChI=1S/C12H15F2NO2/c1-6(2)7-3-4-8(13)11(12(7)14)9(15)5-10(16)17/h3-4,6,9H,5,15H2,1-2H3,(H,16,17). The van der Waals surface area contributed by atoms with E-state index < -0.39 is 30.1 Å². The molecule has 0 amide bonds. The average molecular weight is 243 g/mol. The Morgan fingerprint density at radius 3 is 2.47 bits per heavy atom. The lowest BCUT2D eigenvalue weighted by atomic mass is 9.95. The highest BCUT2D eigenvalue weighted by molar-refractivity contribution is 5.68. The topological polar surface area (TPSA) is 63.3 Å². The van der Waals surface area contributed by atoms with Crippen molar-refractivity contribution in [3.63, 3.8) is 0 Å². The Labute approximate surface area is 98.2 Å². The first-order valence-corrected chi connectivity index (χ1v) is 5.29. The fourth-order valence-corrected chi connectivity index (χ4v) is 1.66.